The van der Waals surface area contributed by atoms with Crippen LogP contribution in [0.5, 0.6) is 0 Å². The van der Waals surface area contributed by atoms with E-state index in [-0.39, 0.29) is 0 Å². The number of hydrogen-bond acceptors (Lipinski definition) is 4. The molecule has 4 heterocycles. The highest BCUT2D eigenvalue weighted by Crippen LogP contribution is 2.33. The van der Waals surface area contributed by atoms with Gasteiger partial charge in [-0.2, -0.15) is 0 Å². The number of para-hydroxylation sites is 2. The van der Waals surface area contributed by atoms with E-state index < -0.39 is 0 Å². The SMILES string of the molecule is Cc1nc(CNCCCNCc2cc3c4ccccc4n(CC(C)C)c3c(C)n2)cc2c3ccccc3n(CC(C)C)c12. The van der Waals surface area contributed by atoms with Crippen LogP contribution >= 0.6 is 0 Å². The van der Waals surface area contributed by atoms with Gasteiger partial charge in [-0.1, -0.05) is 64.1 Å². The van der Waals surface area contributed by atoms with E-state index in [0.717, 1.165) is 68.5 Å². The second kappa shape index (κ2) is 12.5. The lowest BCUT2D eigenvalue weighted by molar-refractivity contribution is 0.544. The molecule has 0 unspecified atom stereocenters. The average Bonchev–Trinajstić information content (AvgIpc) is 3.45. The zero-order valence-corrected chi connectivity index (χ0v) is 26.7. The molecule has 0 aliphatic rings. The number of aryl methyl sites for hydroxylation is 2. The minimum atomic E-state index is 0.577. The molecule has 6 nitrogen and oxygen atoms in total. The van der Waals surface area contributed by atoms with Crippen LogP contribution in [0.25, 0.3) is 43.6 Å². The van der Waals surface area contributed by atoms with Crippen LogP contribution in [0, 0.1) is 25.7 Å². The van der Waals surface area contributed by atoms with Crippen LogP contribution in [0.15, 0.2) is 60.7 Å². The van der Waals surface area contributed by atoms with Crippen molar-refractivity contribution >= 4 is 43.6 Å². The summed E-state index contributed by atoms with van der Waals surface area (Å²) in [6.45, 7) is 18.9. The summed E-state index contributed by atoms with van der Waals surface area (Å²) in [6, 6.07) is 22.1. The molecule has 0 bridgehead atoms. The zero-order valence-electron chi connectivity index (χ0n) is 26.7. The summed E-state index contributed by atoms with van der Waals surface area (Å²) in [6.07, 6.45) is 1.05. The van der Waals surface area contributed by atoms with E-state index in [9.17, 15) is 0 Å². The highest BCUT2D eigenvalue weighted by molar-refractivity contribution is 6.09. The Balaban J connectivity index is 1.07. The first-order chi connectivity index (χ1) is 20.8. The summed E-state index contributed by atoms with van der Waals surface area (Å²) < 4.78 is 4.91. The van der Waals surface area contributed by atoms with E-state index in [2.05, 4.69) is 122 Å². The van der Waals surface area contributed by atoms with Gasteiger partial charge >= 0.3 is 0 Å². The van der Waals surface area contributed by atoms with Gasteiger partial charge in [-0.15, -0.1) is 0 Å². The number of rotatable bonds is 12. The molecule has 43 heavy (non-hydrogen) atoms. The van der Waals surface area contributed by atoms with Crippen LogP contribution in [-0.4, -0.2) is 32.2 Å². The fourth-order valence-electron chi connectivity index (χ4n) is 6.73. The fourth-order valence-corrected chi connectivity index (χ4v) is 6.73. The maximum atomic E-state index is 5.00. The quantitative estimate of drug-likeness (QED) is 0.146. The van der Waals surface area contributed by atoms with Crippen LogP contribution in [-0.2, 0) is 26.2 Å². The Morgan fingerprint density at radius 2 is 1.02 bits per heavy atom. The zero-order chi connectivity index (χ0) is 30.1. The number of benzene rings is 2. The van der Waals surface area contributed by atoms with Gasteiger partial charge in [0, 0.05) is 58.8 Å². The highest BCUT2D eigenvalue weighted by atomic mass is 15.0. The second-order valence-electron chi connectivity index (χ2n) is 12.9. The molecule has 2 aromatic carbocycles. The van der Waals surface area contributed by atoms with Crippen molar-refractivity contribution in [2.45, 2.75) is 74.1 Å². The lowest BCUT2D eigenvalue weighted by Gasteiger charge is -2.13. The van der Waals surface area contributed by atoms with Crippen molar-refractivity contribution in [1.82, 2.24) is 29.7 Å². The summed E-state index contributed by atoms with van der Waals surface area (Å²) in [5.74, 6) is 1.15. The molecule has 4 aromatic heterocycles. The minimum absolute atomic E-state index is 0.577. The minimum Gasteiger partial charge on any atom is -0.339 e. The van der Waals surface area contributed by atoms with Gasteiger partial charge in [0.1, 0.15) is 0 Å². The van der Waals surface area contributed by atoms with Crippen LogP contribution in [0.1, 0.15) is 56.9 Å². The third kappa shape index (κ3) is 5.91. The summed E-state index contributed by atoms with van der Waals surface area (Å²) in [7, 11) is 0. The number of nitrogens with one attached hydrogen (secondary N) is 2. The van der Waals surface area contributed by atoms with Gasteiger partial charge in [0.05, 0.1) is 33.8 Å². The maximum Gasteiger partial charge on any atom is 0.0707 e. The van der Waals surface area contributed by atoms with Gasteiger partial charge in [0.25, 0.3) is 0 Å². The second-order valence-corrected chi connectivity index (χ2v) is 12.9. The Morgan fingerprint density at radius 1 is 0.605 bits per heavy atom. The van der Waals surface area contributed by atoms with Gasteiger partial charge in [0.15, 0.2) is 0 Å². The van der Waals surface area contributed by atoms with Gasteiger partial charge in [0.2, 0.25) is 0 Å². The summed E-state index contributed by atoms with van der Waals surface area (Å²) in [5.41, 5.74) is 9.59. The van der Waals surface area contributed by atoms with Crippen LogP contribution in [0.2, 0.25) is 0 Å². The molecule has 6 aromatic rings. The normalized spacial score (nSPS) is 12.3. The first-order valence-electron chi connectivity index (χ1n) is 16.0. The lowest BCUT2D eigenvalue weighted by atomic mass is 10.1. The molecule has 0 aliphatic carbocycles. The van der Waals surface area contributed by atoms with E-state index in [1.54, 1.807) is 0 Å². The summed E-state index contributed by atoms with van der Waals surface area (Å²) >= 11 is 0. The van der Waals surface area contributed by atoms with Crippen molar-refractivity contribution in [2.75, 3.05) is 13.1 Å². The molecule has 0 saturated carbocycles. The third-order valence-corrected chi connectivity index (χ3v) is 8.36. The van der Waals surface area contributed by atoms with Crippen molar-refractivity contribution in [3.8, 4) is 0 Å². The fraction of sp³-hybridized carbons (Fsp3) is 0.405. The maximum absolute atomic E-state index is 5.00. The monoisotopic (exact) mass is 574 g/mol. The molecule has 224 valence electrons. The predicted octanol–water partition coefficient (Wildman–Crippen LogP) is 7.89. The van der Waals surface area contributed by atoms with E-state index in [1.807, 2.05) is 0 Å². The van der Waals surface area contributed by atoms with E-state index >= 15 is 0 Å². The molecule has 6 heteroatoms. The summed E-state index contributed by atoms with van der Waals surface area (Å²) in [5, 5.41) is 12.5. The number of hydrogen-bond donors (Lipinski definition) is 2. The van der Waals surface area contributed by atoms with Gasteiger partial charge < -0.3 is 19.8 Å². The van der Waals surface area contributed by atoms with Crippen molar-refractivity contribution in [2.24, 2.45) is 11.8 Å². The lowest BCUT2D eigenvalue weighted by Crippen LogP contribution is -2.22. The summed E-state index contributed by atoms with van der Waals surface area (Å²) in [4.78, 5) is 10.0. The predicted molar refractivity (Wildman–Crippen MR) is 182 cm³/mol. The van der Waals surface area contributed by atoms with Crippen LogP contribution in [0.3, 0.4) is 0 Å². The molecular formula is C37H46N6. The molecule has 2 N–H and O–H groups in total. The molecule has 0 aliphatic heterocycles. The van der Waals surface area contributed by atoms with Gasteiger partial charge in [-0.25, -0.2) is 0 Å². The Labute approximate surface area is 255 Å². The molecule has 0 radical (unpaired) electrons. The number of aromatic nitrogens is 4. The van der Waals surface area contributed by atoms with Crippen LogP contribution in [0.4, 0.5) is 0 Å². The smallest absolute Gasteiger partial charge is 0.0707 e. The largest absolute Gasteiger partial charge is 0.339 e. The Hall–Kier alpha value is -3.74. The molecule has 0 saturated heterocycles. The van der Waals surface area contributed by atoms with E-state index in [4.69, 9.17) is 9.97 Å². The Bertz CT molecular complexity index is 1750. The molecular weight excluding hydrogens is 528 g/mol. The Morgan fingerprint density at radius 3 is 1.44 bits per heavy atom. The van der Waals surface area contributed by atoms with Crippen molar-refractivity contribution in [3.63, 3.8) is 0 Å². The number of fused-ring (bicyclic) bond motifs is 6. The third-order valence-electron chi connectivity index (χ3n) is 8.36. The van der Waals surface area contributed by atoms with Crippen molar-refractivity contribution in [3.05, 3.63) is 83.4 Å². The highest BCUT2D eigenvalue weighted by Gasteiger charge is 2.17. The topological polar surface area (TPSA) is 59.7 Å². The van der Waals surface area contributed by atoms with Crippen molar-refractivity contribution in [1.29, 1.82) is 0 Å². The first-order valence-corrected chi connectivity index (χ1v) is 16.0. The van der Waals surface area contributed by atoms with Crippen molar-refractivity contribution < 1.29 is 0 Å². The van der Waals surface area contributed by atoms with Crippen LogP contribution < -0.4 is 10.6 Å². The molecule has 0 amide bonds. The average molecular weight is 575 g/mol. The standard InChI is InChI=1S/C37H46N6/c1-24(2)22-42-34-14-9-7-12-30(34)32-18-28(40-26(5)36(32)42)20-38-16-11-17-39-21-29-19-33-31-13-8-10-15-35(31)43(23-25(3)4)37(33)27(6)41-29/h7-10,12-15,18-19,24-25,38-39H,11,16-17,20-23H2,1-6H3. The van der Waals surface area contributed by atoms with Gasteiger partial charge in [-0.05, 0) is 69.5 Å². The number of pyridine rings is 2. The van der Waals surface area contributed by atoms with E-state index in [0.29, 0.717) is 11.8 Å². The molecule has 0 fully saturated rings. The Kier molecular flexibility index (Phi) is 8.51. The molecule has 0 atom stereocenters. The van der Waals surface area contributed by atoms with E-state index in [1.165, 1.54) is 43.6 Å². The molecule has 0 spiro atoms. The first kappa shape index (κ1) is 29.3. The number of nitrogens with zero attached hydrogens (tertiary/aromatic N) is 4. The molecule has 6 rings (SSSR count). The van der Waals surface area contributed by atoms with Gasteiger partial charge in [-0.3, -0.25) is 9.97 Å².